The van der Waals surface area contributed by atoms with Crippen molar-refractivity contribution in [1.29, 1.82) is 0 Å². The fourth-order valence-corrected chi connectivity index (χ4v) is 5.17. The molecule has 0 saturated carbocycles. The molecule has 0 radical (unpaired) electrons. The summed E-state index contributed by atoms with van der Waals surface area (Å²) in [7, 11) is 1.25. The zero-order chi connectivity index (χ0) is 27.7. The summed E-state index contributed by atoms with van der Waals surface area (Å²) < 4.78 is 17.1. The first-order chi connectivity index (χ1) is 18.8. The van der Waals surface area contributed by atoms with Crippen molar-refractivity contribution in [3.05, 3.63) is 125 Å². The van der Waals surface area contributed by atoms with Crippen molar-refractivity contribution in [2.45, 2.75) is 13.0 Å². The van der Waals surface area contributed by atoms with Gasteiger partial charge < -0.3 is 13.9 Å². The quantitative estimate of drug-likeness (QED) is 0.156. The van der Waals surface area contributed by atoms with Gasteiger partial charge in [-0.1, -0.05) is 23.5 Å². The number of nitrogens with zero attached hydrogens (tertiary/aromatic N) is 3. The van der Waals surface area contributed by atoms with Crippen LogP contribution in [0.1, 0.15) is 34.6 Å². The Balaban J connectivity index is 1.57. The molecule has 5 rings (SSSR count). The molecule has 0 aliphatic carbocycles. The summed E-state index contributed by atoms with van der Waals surface area (Å²) in [6.45, 7) is 1.66. The van der Waals surface area contributed by atoms with Crippen LogP contribution in [0.4, 0.5) is 5.69 Å². The van der Waals surface area contributed by atoms with Crippen LogP contribution >= 0.6 is 11.3 Å². The zero-order valence-corrected chi connectivity index (χ0v) is 21.3. The molecular weight excluding hydrogens is 526 g/mol. The van der Waals surface area contributed by atoms with Crippen LogP contribution in [0.2, 0.25) is 0 Å². The zero-order valence-electron chi connectivity index (χ0n) is 20.5. The van der Waals surface area contributed by atoms with Gasteiger partial charge in [-0.15, -0.1) is 0 Å². The Bertz CT molecular complexity index is 1800. The molecule has 3 heterocycles. The van der Waals surface area contributed by atoms with Crippen LogP contribution in [0.5, 0.6) is 5.75 Å². The number of hydrogen-bond donors (Lipinski definition) is 0. The molecule has 0 fully saturated rings. The molecule has 4 aromatic rings. The summed E-state index contributed by atoms with van der Waals surface area (Å²) in [5, 5.41) is 11.0. The molecule has 0 amide bonds. The van der Waals surface area contributed by atoms with Gasteiger partial charge in [0.15, 0.2) is 4.80 Å². The minimum Gasteiger partial charge on any atom is -0.466 e. The van der Waals surface area contributed by atoms with E-state index in [2.05, 4.69) is 4.99 Å². The number of benzene rings is 2. The van der Waals surface area contributed by atoms with Gasteiger partial charge in [0.05, 0.1) is 40.1 Å². The van der Waals surface area contributed by atoms with Gasteiger partial charge in [0, 0.05) is 12.1 Å². The van der Waals surface area contributed by atoms with Crippen molar-refractivity contribution in [3.8, 4) is 5.75 Å². The van der Waals surface area contributed by atoms with Crippen molar-refractivity contribution in [2.24, 2.45) is 4.99 Å². The maximum Gasteiger partial charge on any atom is 0.379 e. The maximum absolute atomic E-state index is 13.6. The Morgan fingerprint density at radius 3 is 2.44 bits per heavy atom. The summed E-state index contributed by atoms with van der Waals surface area (Å²) in [5.74, 6) is -1.02. The minimum atomic E-state index is -0.859. The number of rotatable bonds is 6. The van der Waals surface area contributed by atoms with E-state index in [9.17, 15) is 24.5 Å². The lowest BCUT2D eigenvalue weighted by atomic mass is 9.96. The van der Waals surface area contributed by atoms with Crippen LogP contribution in [-0.4, -0.2) is 28.5 Å². The number of aromatic nitrogens is 1. The van der Waals surface area contributed by atoms with E-state index >= 15 is 0 Å². The van der Waals surface area contributed by atoms with E-state index in [1.807, 2.05) is 0 Å². The van der Waals surface area contributed by atoms with Gasteiger partial charge in [0.25, 0.3) is 11.2 Å². The number of hydrogen-bond acceptors (Lipinski definition) is 10. The Morgan fingerprint density at radius 2 is 1.82 bits per heavy atom. The monoisotopic (exact) mass is 545 g/mol. The largest absolute Gasteiger partial charge is 0.466 e. The van der Waals surface area contributed by atoms with Gasteiger partial charge in [0.1, 0.15) is 5.75 Å². The van der Waals surface area contributed by atoms with E-state index in [-0.39, 0.29) is 22.8 Å². The average molecular weight is 546 g/mol. The Kier molecular flexibility index (Phi) is 6.77. The predicted octanol–water partition coefficient (Wildman–Crippen LogP) is 3.13. The summed E-state index contributed by atoms with van der Waals surface area (Å²) in [6, 6.07) is 14.4. The highest BCUT2D eigenvalue weighted by molar-refractivity contribution is 7.07. The third-order valence-corrected chi connectivity index (χ3v) is 6.94. The highest BCUT2D eigenvalue weighted by Crippen LogP contribution is 2.31. The predicted molar refractivity (Wildman–Crippen MR) is 139 cm³/mol. The molecule has 1 aliphatic rings. The first kappa shape index (κ1) is 25.5. The lowest BCUT2D eigenvalue weighted by molar-refractivity contribution is -0.384. The van der Waals surface area contributed by atoms with Gasteiger partial charge in [-0.05, 0) is 60.5 Å². The number of nitro benzene ring substituents is 1. The molecule has 12 heteroatoms. The van der Waals surface area contributed by atoms with E-state index in [0.717, 1.165) is 11.3 Å². The number of furan rings is 1. The van der Waals surface area contributed by atoms with Crippen LogP contribution < -0.4 is 19.6 Å². The molecule has 0 saturated heterocycles. The highest BCUT2D eigenvalue weighted by Gasteiger charge is 2.33. The topological polar surface area (TPSA) is 143 Å². The summed E-state index contributed by atoms with van der Waals surface area (Å²) in [5.41, 5.74) is 1.27. The second-order valence-corrected chi connectivity index (χ2v) is 9.37. The van der Waals surface area contributed by atoms with Crippen LogP contribution in [-0.2, 0) is 9.53 Å². The fraction of sp³-hybridized carbons (Fsp3) is 0.111. The number of ether oxygens (including phenoxy) is 2. The number of carbonyl (C=O) groups excluding carboxylic acids is 2. The van der Waals surface area contributed by atoms with Gasteiger partial charge in [0.2, 0.25) is 5.76 Å². The summed E-state index contributed by atoms with van der Waals surface area (Å²) >= 11 is 1.13. The molecule has 2 aromatic heterocycles. The highest BCUT2D eigenvalue weighted by atomic mass is 32.1. The molecule has 1 aliphatic heterocycles. The van der Waals surface area contributed by atoms with Crippen LogP contribution in [0.25, 0.3) is 6.08 Å². The molecule has 11 nitrogen and oxygen atoms in total. The molecule has 0 bridgehead atoms. The van der Waals surface area contributed by atoms with Crippen molar-refractivity contribution < 1.29 is 28.4 Å². The molecule has 196 valence electrons. The fourth-order valence-electron chi connectivity index (χ4n) is 4.12. The van der Waals surface area contributed by atoms with Crippen LogP contribution in [0.3, 0.4) is 0 Å². The van der Waals surface area contributed by atoms with Crippen molar-refractivity contribution in [2.75, 3.05) is 7.11 Å². The molecule has 0 N–H and O–H groups in total. The number of nitro groups is 1. The summed E-state index contributed by atoms with van der Waals surface area (Å²) in [4.78, 5) is 54.0. The normalized spacial score (nSPS) is 14.9. The van der Waals surface area contributed by atoms with Crippen molar-refractivity contribution in [3.63, 3.8) is 0 Å². The van der Waals surface area contributed by atoms with Crippen molar-refractivity contribution in [1.82, 2.24) is 4.57 Å². The number of thiazole rings is 1. The number of methoxy groups -OCH3 is 1. The summed E-state index contributed by atoms with van der Waals surface area (Å²) in [6.07, 6.45) is 2.97. The molecular formula is C27H19N3O8S. The van der Waals surface area contributed by atoms with Gasteiger partial charge >= 0.3 is 11.9 Å². The first-order valence-corrected chi connectivity index (χ1v) is 12.3. The number of allylic oxidation sites excluding steroid dienone is 1. The Morgan fingerprint density at radius 1 is 1.10 bits per heavy atom. The van der Waals surface area contributed by atoms with Gasteiger partial charge in [-0.3, -0.25) is 19.5 Å². The third-order valence-electron chi connectivity index (χ3n) is 5.96. The Hall–Kier alpha value is -5.10. The van der Waals surface area contributed by atoms with E-state index < -0.39 is 28.5 Å². The second kappa shape index (κ2) is 10.3. The number of esters is 2. The molecule has 0 spiro atoms. The van der Waals surface area contributed by atoms with Gasteiger partial charge in [-0.2, -0.15) is 0 Å². The van der Waals surface area contributed by atoms with E-state index in [1.54, 1.807) is 55.5 Å². The lowest BCUT2D eigenvalue weighted by Crippen LogP contribution is -2.39. The number of fused-ring (bicyclic) bond motifs is 1. The SMILES string of the molecule is COC(=O)C1=C(C)N=c2s/c(=C/c3ccc([N+](=O)[O-])cc3)c(=O)n2[C@@H]1c1ccc(OC(=O)c2ccco2)cc1. The molecule has 2 aromatic carbocycles. The van der Waals surface area contributed by atoms with E-state index in [1.165, 1.54) is 36.1 Å². The number of carbonyl (C=O) groups is 2. The first-order valence-electron chi connectivity index (χ1n) is 11.5. The average Bonchev–Trinajstić information content (AvgIpc) is 3.57. The molecule has 39 heavy (non-hydrogen) atoms. The second-order valence-electron chi connectivity index (χ2n) is 8.36. The van der Waals surface area contributed by atoms with E-state index in [0.29, 0.717) is 26.2 Å². The maximum atomic E-state index is 13.6. The standard InChI is InChI=1S/C27H19N3O8S/c1-15-22(26(33)36-2)23(17-7-11-19(12-8-17)38-25(32)20-4-3-13-37-20)29-24(31)21(39-27(29)28-15)14-16-5-9-18(10-6-16)30(34)35/h3-14,23H,1-2H3/b21-14+/t23-/m1/s1. The van der Waals surface area contributed by atoms with Crippen LogP contribution in [0, 0.1) is 10.1 Å². The van der Waals surface area contributed by atoms with E-state index in [4.69, 9.17) is 13.9 Å². The smallest absolute Gasteiger partial charge is 0.379 e. The molecule has 0 unspecified atom stereocenters. The van der Waals surface area contributed by atoms with Crippen molar-refractivity contribution >= 4 is 35.0 Å². The van der Waals surface area contributed by atoms with Crippen LogP contribution in [0.15, 0.2) is 92.4 Å². The lowest BCUT2D eigenvalue weighted by Gasteiger charge is -2.24. The Labute approximate surface area is 223 Å². The molecule has 1 atom stereocenters. The number of non-ortho nitro benzene ring substituents is 1. The minimum absolute atomic E-state index is 0.0470. The van der Waals surface area contributed by atoms with Gasteiger partial charge in [-0.25, -0.2) is 14.6 Å². The third kappa shape index (κ3) is 4.92.